The van der Waals surface area contributed by atoms with Crippen LogP contribution in [0.4, 0.5) is 0 Å². The molecule has 5 heteroatoms. The predicted octanol–water partition coefficient (Wildman–Crippen LogP) is 1.62. The molecule has 1 aromatic heterocycles. The highest BCUT2D eigenvalue weighted by atomic mass is 16.1. The lowest BCUT2D eigenvalue weighted by Gasteiger charge is -2.14. The highest BCUT2D eigenvalue weighted by Crippen LogP contribution is 2.16. The highest BCUT2D eigenvalue weighted by molar-refractivity contribution is 5.75. The Morgan fingerprint density at radius 1 is 1.45 bits per heavy atom. The minimum atomic E-state index is 0.138. The number of nitrogens with zero attached hydrogens (tertiary/aromatic N) is 2. The third kappa shape index (κ3) is 6.70. The van der Waals surface area contributed by atoms with Crippen LogP contribution in [0.15, 0.2) is 12.3 Å². The first-order valence-electron chi connectivity index (χ1n) is 7.61. The smallest absolute Gasteiger partial charge is 0.220 e. The molecule has 20 heavy (non-hydrogen) atoms. The lowest BCUT2D eigenvalue weighted by atomic mass is 9.94. The summed E-state index contributed by atoms with van der Waals surface area (Å²) in [5, 5.41) is 7.24. The second-order valence-electron chi connectivity index (χ2n) is 5.35. The van der Waals surface area contributed by atoms with E-state index >= 15 is 0 Å². The van der Waals surface area contributed by atoms with E-state index < -0.39 is 0 Å². The van der Waals surface area contributed by atoms with Gasteiger partial charge in [0.25, 0.3) is 0 Å². The van der Waals surface area contributed by atoms with Gasteiger partial charge in [0, 0.05) is 32.6 Å². The van der Waals surface area contributed by atoms with E-state index in [9.17, 15) is 4.79 Å². The second-order valence-corrected chi connectivity index (χ2v) is 5.35. The van der Waals surface area contributed by atoms with Gasteiger partial charge in [-0.3, -0.25) is 9.48 Å². The third-order valence-corrected chi connectivity index (χ3v) is 3.52. The average molecular weight is 280 g/mol. The van der Waals surface area contributed by atoms with Crippen LogP contribution < -0.4 is 11.1 Å². The maximum atomic E-state index is 11.8. The van der Waals surface area contributed by atoms with Crippen LogP contribution in [0.3, 0.4) is 0 Å². The van der Waals surface area contributed by atoms with Crippen molar-refractivity contribution in [2.45, 2.75) is 45.4 Å². The highest BCUT2D eigenvalue weighted by Gasteiger charge is 2.10. The summed E-state index contributed by atoms with van der Waals surface area (Å²) in [6.45, 7) is 3.55. The molecule has 1 unspecified atom stereocenters. The van der Waals surface area contributed by atoms with E-state index in [1.807, 2.05) is 19.3 Å². The second kappa shape index (κ2) is 9.53. The van der Waals surface area contributed by atoms with Gasteiger partial charge < -0.3 is 11.1 Å². The summed E-state index contributed by atoms with van der Waals surface area (Å²) in [7, 11) is 1.90. The summed E-state index contributed by atoms with van der Waals surface area (Å²) in [5.74, 6) is 0.727. The maximum absolute atomic E-state index is 11.8. The minimum absolute atomic E-state index is 0.138. The number of nitrogens with one attached hydrogen (secondary N) is 1. The van der Waals surface area contributed by atoms with Crippen molar-refractivity contribution in [3.8, 4) is 0 Å². The minimum Gasteiger partial charge on any atom is -0.356 e. The van der Waals surface area contributed by atoms with Crippen molar-refractivity contribution < 1.29 is 4.79 Å². The van der Waals surface area contributed by atoms with Crippen LogP contribution in [0.25, 0.3) is 0 Å². The molecule has 3 N–H and O–H groups in total. The van der Waals surface area contributed by atoms with Crippen LogP contribution in [0.1, 0.15) is 44.7 Å². The van der Waals surface area contributed by atoms with Gasteiger partial charge in [-0.15, -0.1) is 0 Å². The molecule has 0 spiro atoms. The van der Waals surface area contributed by atoms with Crippen LogP contribution >= 0.6 is 0 Å². The molecule has 0 aromatic carbocycles. The van der Waals surface area contributed by atoms with E-state index in [0.29, 0.717) is 25.4 Å². The molecular formula is C15H28N4O. The van der Waals surface area contributed by atoms with Crippen molar-refractivity contribution in [2.24, 2.45) is 18.7 Å². The Labute approximate surface area is 121 Å². The number of nitrogens with two attached hydrogens (primary N) is 1. The van der Waals surface area contributed by atoms with Crippen LogP contribution in [-0.4, -0.2) is 28.8 Å². The zero-order valence-electron chi connectivity index (χ0n) is 12.8. The molecule has 1 aromatic rings. The zero-order valence-corrected chi connectivity index (χ0v) is 12.8. The van der Waals surface area contributed by atoms with Gasteiger partial charge in [0.2, 0.25) is 5.91 Å². The van der Waals surface area contributed by atoms with Gasteiger partial charge in [-0.05, 0) is 31.4 Å². The van der Waals surface area contributed by atoms with Gasteiger partial charge in [0.05, 0.1) is 5.69 Å². The SMILES string of the molecule is CCCC(CCN)CCC(=O)NCCc1ccn(C)n1. The van der Waals surface area contributed by atoms with Crippen molar-refractivity contribution in [3.05, 3.63) is 18.0 Å². The molecule has 5 nitrogen and oxygen atoms in total. The van der Waals surface area contributed by atoms with Gasteiger partial charge in [-0.25, -0.2) is 0 Å². The van der Waals surface area contributed by atoms with E-state index in [4.69, 9.17) is 5.73 Å². The number of aromatic nitrogens is 2. The van der Waals surface area contributed by atoms with Crippen molar-refractivity contribution in [2.75, 3.05) is 13.1 Å². The summed E-state index contributed by atoms with van der Waals surface area (Å²) in [6.07, 6.45) is 7.60. The molecule has 1 rings (SSSR count). The van der Waals surface area contributed by atoms with Crippen LogP contribution in [-0.2, 0) is 18.3 Å². The molecule has 1 amide bonds. The summed E-state index contributed by atoms with van der Waals surface area (Å²) < 4.78 is 1.78. The Hall–Kier alpha value is -1.36. The molecule has 0 radical (unpaired) electrons. The van der Waals surface area contributed by atoms with E-state index in [1.165, 1.54) is 6.42 Å². The molecular weight excluding hydrogens is 252 g/mol. The quantitative estimate of drug-likeness (QED) is 0.684. The van der Waals surface area contributed by atoms with Crippen LogP contribution in [0.2, 0.25) is 0 Å². The molecule has 0 aliphatic heterocycles. The largest absolute Gasteiger partial charge is 0.356 e. The monoisotopic (exact) mass is 280 g/mol. The summed E-state index contributed by atoms with van der Waals surface area (Å²) in [4.78, 5) is 11.8. The van der Waals surface area contributed by atoms with E-state index in [2.05, 4.69) is 17.3 Å². The molecule has 0 aliphatic carbocycles. The van der Waals surface area contributed by atoms with Crippen molar-refractivity contribution in [1.29, 1.82) is 0 Å². The summed E-state index contributed by atoms with van der Waals surface area (Å²) >= 11 is 0. The first-order valence-corrected chi connectivity index (χ1v) is 7.61. The Morgan fingerprint density at radius 2 is 2.25 bits per heavy atom. The van der Waals surface area contributed by atoms with E-state index in [1.54, 1.807) is 4.68 Å². The van der Waals surface area contributed by atoms with Crippen LogP contribution in [0.5, 0.6) is 0 Å². The number of carbonyl (C=O) groups is 1. The standard InChI is InChI=1S/C15H28N4O/c1-3-4-13(7-10-16)5-6-15(20)17-11-8-14-9-12-19(2)18-14/h9,12-13H,3-8,10-11,16H2,1-2H3,(H,17,20). The zero-order chi connectivity index (χ0) is 14.8. The Morgan fingerprint density at radius 3 is 2.85 bits per heavy atom. The van der Waals surface area contributed by atoms with Crippen LogP contribution in [0, 0.1) is 5.92 Å². The fourth-order valence-corrected chi connectivity index (χ4v) is 2.43. The topological polar surface area (TPSA) is 72.9 Å². The molecule has 0 saturated carbocycles. The molecule has 1 heterocycles. The normalized spacial score (nSPS) is 12.3. The van der Waals surface area contributed by atoms with Crippen molar-refractivity contribution >= 4 is 5.91 Å². The number of amides is 1. The van der Waals surface area contributed by atoms with Gasteiger partial charge in [-0.1, -0.05) is 19.8 Å². The number of carbonyl (C=O) groups excluding carboxylic acids is 1. The summed E-state index contributed by atoms with van der Waals surface area (Å²) in [6, 6.07) is 1.98. The first kappa shape index (κ1) is 16.7. The molecule has 0 saturated heterocycles. The lowest BCUT2D eigenvalue weighted by molar-refractivity contribution is -0.121. The van der Waals surface area contributed by atoms with Gasteiger partial charge >= 0.3 is 0 Å². The Bertz CT molecular complexity index is 383. The van der Waals surface area contributed by atoms with Gasteiger partial charge in [0.15, 0.2) is 0 Å². The number of hydrogen-bond donors (Lipinski definition) is 2. The van der Waals surface area contributed by atoms with E-state index in [0.717, 1.165) is 31.4 Å². The third-order valence-electron chi connectivity index (χ3n) is 3.52. The average Bonchev–Trinajstić information content (AvgIpc) is 2.82. The lowest BCUT2D eigenvalue weighted by Crippen LogP contribution is -2.26. The fraction of sp³-hybridized carbons (Fsp3) is 0.733. The Kier molecular flexibility index (Phi) is 7.95. The van der Waals surface area contributed by atoms with Gasteiger partial charge in [-0.2, -0.15) is 5.10 Å². The van der Waals surface area contributed by atoms with Crippen molar-refractivity contribution in [1.82, 2.24) is 15.1 Å². The molecule has 1 atom stereocenters. The van der Waals surface area contributed by atoms with E-state index in [-0.39, 0.29) is 5.91 Å². The molecule has 114 valence electrons. The van der Waals surface area contributed by atoms with Gasteiger partial charge in [0.1, 0.15) is 0 Å². The van der Waals surface area contributed by atoms with Crippen molar-refractivity contribution in [3.63, 3.8) is 0 Å². The fourth-order valence-electron chi connectivity index (χ4n) is 2.43. The number of aryl methyl sites for hydroxylation is 1. The molecule has 0 aliphatic rings. The number of hydrogen-bond acceptors (Lipinski definition) is 3. The maximum Gasteiger partial charge on any atom is 0.220 e. The number of rotatable bonds is 10. The molecule has 0 bridgehead atoms. The molecule has 0 fully saturated rings. The first-order chi connectivity index (χ1) is 9.65. The Balaban J connectivity index is 2.16. The predicted molar refractivity (Wildman–Crippen MR) is 81.2 cm³/mol. The summed E-state index contributed by atoms with van der Waals surface area (Å²) in [5.41, 5.74) is 6.62.